The first-order valence-electron chi connectivity index (χ1n) is 5.93. The van der Waals surface area contributed by atoms with E-state index in [1.807, 2.05) is 0 Å². The van der Waals surface area contributed by atoms with Gasteiger partial charge in [0.2, 0.25) is 0 Å². The molecule has 0 saturated carbocycles. The molecule has 0 radical (unpaired) electrons. The highest BCUT2D eigenvalue weighted by molar-refractivity contribution is 4.83. The Kier molecular flexibility index (Phi) is 3.42. The Labute approximate surface area is 87.2 Å². The van der Waals surface area contributed by atoms with Gasteiger partial charge in [-0.05, 0) is 39.3 Å². The minimum Gasteiger partial charge on any atom is -0.316 e. The molecule has 3 heteroatoms. The van der Waals surface area contributed by atoms with Crippen molar-refractivity contribution < 1.29 is 0 Å². The van der Waals surface area contributed by atoms with Crippen LogP contribution in [0.2, 0.25) is 0 Å². The van der Waals surface area contributed by atoms with Crippen molar-refractivity contribution in [2.75, 3.05) is 32.7 Å². The fraction of sp³-hybridized carbons (Fsp3) is 1.00. The lowest BCUT2D eigenvalue weighted by Crippen LogP contribution is -2.55. The minimum absolute atomic E-state index is 0.660. The van der Waals surface area contributed by atoms with E-state index in [1.54, 1.807) is 0 Å². The normalized spacial score (nSPS) is 40.3. The average Bonchev–Trinajstić information content (AvgIpc) is 2.54. The molecular formula is C11H23N3. The van der Waals surface area contributed by atoms with Crippen LogP contribution >= 0.6 is 0 Å². The van der Waals surface area contributed by atoms with Crippen LogP contribution in [0.4, 0.5) is 0 Å². The van der Waals surface area contributed by atoms with Crippen molar-refractivity contribution >= 4 is 0 Å². The Balaban J connectivity index is 1.78. The van der Waals surface area contributed by atoms with Crippen molar-refractivity contribution in [3.05, 3.63) is 0 Å². The first kappa shape index (κ1) is 10.4. The zero-order valence-corrected chi connectivity index (χ0v) is 9.42. The number of piperazine rings is 1. The van der Waals surface area contributed by atoms with E-state index in [0.29, 0.717) is 12.1 Å². The van der Waals surface area contributed by atoms with Crippen LogP contribution in [0.3, 0.4) is 0 Å². The summed E-state index contributed by atoms with van der Waals surface area (Å²) in [6, 6.07) is 1.32. The van der Waals surface area contributed by atoms with Gasteiger partial charge < -0.3 is 10.6 Å². The zero-order chi connectivity index (χ0) is 9.97. The minimum atomic E-state index is 0.660. The van der Waals surface area contributed by atoms with E-state index < -0.39 is 0 Å². The van der Waals surface area contributed by atoms with E-state index in [-0.39, 0.29) is 0 Å². The van der Waals surface area contributed by atoms with E-state index in [0.717, 1.165) is 5.92 Å². The summed E-state index contributed by atoms with van der Waals surface area (Å²) in [4.78, 5) is 2.63. The molecule has 2 aliphatic rings. The molecule has 0 aromatic rings. The van der Waals surface area contributed by atoms with Gasteiger partial charge >= 0.3 is 0 Å². The van der Waals surface area contributed by atoms with Crippen molar-refractivity contribution in [1.82, 2.24) is 15.5 Å². The largest absolute Gasteiger partial charge is 0.316 e. The fourth-order valence-corrected chi connectivity index (χ4v) is 2.82. The average molecular weight is 197 g/mol. The van der Waals surface area contributed by atoms with Gasteiger partial charge in [-0.1, -0.05) is 0 Å². The second kappa shape index (κ2) is 4.60. The number of nitrogens with zero attached hydrogens (tertiary/aromatic N) is 1. The maximum absolute atomic E-state index is 3.58. The van der Waals surface area contributed by atoms with Gasteiger partial charge in [0, 0.05) is 31.7 Å². The monoisotopic (exact) mass is 197 g/mol. The van der Waals surface area contributed by atoms with Crippen molar-refractivity contribution in [2.24, 2.45) is 5.92 Å². The fourth-order valence-electron chi connectivity index (χ4n) is 2.82. The lowest BCUT2D eigenvalue weighted by atomic mass is 10.1. The quantitative estimate of drug-likeness (QED) is 0.666. The molecule has 14 heavy (non-hydrogen) atoms. The molecule has 0 bridgehead atoms. The van der Waals surface area contributed by atoms with Crippen LogP contribution in [0.5, 0.6) is 0 Å². The van der Waals surface area contributed by atoms with Crippen LogP contribution in [-0.4, -0.2) is 49.7 Å². The summed E-state index contributed by atoms with van der Waals surface area (Å²) in [5.41, 5.74) is 0. The molecule has 2 N–H and O–H groups in total. The molecule has 3 unspecified atom stereocenters. The van der Waals surface area contributed by atoms with E-state index >= 15 is 0 Å². The smallest absolute Gasteiger partial charge is 0.0169 e. The number of hydrogen-bond acceptors (Lipinski definition) is 3. The maximum atomic E-state index is 3.58. The van der Waals surface area contributed by atoms with Gasteiger partial charge in [-0.15, -0.1) is 0 Å². The molecular weight excluding hydrogens is 174 g/mol. The van der Waals surface area contributed by atoms with Gasteiger partial charge in [0.25, 0.3) is 0 Å². The molecule has 0 spiro atoms. The Morgan fingerprint density at radius 2 is 1.93 bits per heavy atom. The molecule has 3 atom stereocenters. The van der Waals surface area contributed by atoms with Gasteiger partial charge in [0.1, 0.15) is 0 Å². The van der Waals surface area contributed by atoms with Crippen LogP contribution in [0, 0.1) is 5.92 Å². The van der Waals surface area contributed by atoms with Crippen LogP contribution in [0.1, 0.15) is 20.3 Å². The van der Waals surface area contributed by atoms with Gasteiger partial charge in [0.05, 0.1) is 0 Å². The first-order chi connectivity index (χ1) is 6.74. The summed E-state index contributed by atoms with van der Waals surface area (Å²) >= 11 is 0. The molecule has 0 aliphatic carbocycles. The SMILES string of the molecule is CC1CN(CC2CCNC2)CC(C)N1. The third-order valence-electron chi connectivity index (χ3n) is 3.31. The second-order valence-corrected chi connectivity index (χ2v) is 5.05. The summed E-state index contributed by atoms with van der Waals surface area (Å²) < 4.78 is 0. The second-order valence-electron chi connectivity index (χ2n) is 5.05. The molecule has 2 rings (SSSR count). The van der Waals surface area contributed by atoms with Crippen LogP contribution in [0.15, 0.2) is 0 Å². The molecule has 82 valence electrons. The van der Waals surface area contributed by atoms with Gasteiger partial charge in [-0.25, -0.2) is 0 Å². The standard InChI is InChI=1S/C11H23N3/c1-9-6-14(7-10(2)13-9)8-11-3-4-12-5-11/h9-13H,3-8H2,1-2H3. The maximum Gasteiger partial charge on any atom is 0.0169 e. The number of hydrogen-bond donors (Lipinski definition) is 2. The first-order valence-corrected chi connectivity index (χ1v) is 5.93. The molecule has 0 aromatic carbocycles. The highest BCUT2D eigenvalue weighted by Gasteiger charge is 2.24. The van der Waals surface area contributed by atoms with E-state index in [4.69, 9.17) is 0 Å². The Morgan fingerprint density at radius 1 is 1.21 bits per heavy atom. The predicted octanol–water partition coefficient (Wildman–Crippen LogP) is 0.278. The highest BCUT2D eigenvalue weighted by atomic mass is 15.2. The van der Waals surface area contributed by atoms with Crippen molar-refractivity contribution in [3.63, 3.8) is 0 Å². The third kappa shape index (κ3) is 2.69. The van der Waals surface area contributed by atoms with Crippen LogP contribution < -0.4 is 10.6 Å². The zero-order valence-electron chi connectivity index (χ0n) is 9.42. The van der Waals surface area contributed by atoms with E-state index in [9.17, 15) is 0 Å². The molecule has 2 saturated heterocycles. The summed E-state index contributed by atoms with van der Waals surface area (Å²) in [6.07, 6.45) is 1.37. The molecule has 2 aliphatic heterocycles. The number of rotatable bonds is 2. The third-order valence-corrected chi connectivity index (χ3v) is 3.31. The Morgan fingerprint density at radius 3 is 2.50 bits per heavy atom. The van der Waals surface area contributed by atoms with E-state index in [1.165, 1.54) is 39.1 Å². The van der Waals surface area contributed by atoms with Crippen molar-refractivity contribution in [1.29, 1.82) is 0 Å². The van der Waals surface area contributed by atoms with Crippen molar-refractivity contribution in [3.8, 4) is 0 Å². The molecule has 0 aromatic heterocycles. The summed E-state index contributed by atoms with van der Waals surface area (Å²) in [5.74, 6) is 0.896. The molecule has 2 fully saturated rings. The predicted molar refractivity (Wildman–Crippen MR) is 59.5 cm³/mol. The highest BCUT2D eigenvalue weighted by Crippen LogP contribution is 2.12. The van der Waals surface area contributed by atoms with Crippen LogP contribution in [-0.2, 0) is 0 Å². The lowest BCUT2D eigenvalue weighted by Gasteiger charge is -2.37. The lowest BCUT2D eigenvalue weighted by molar-refractivity contribution is 0.154. The Bertz CT molecular complexity index is 167. The van der Waals surface area contributed by atoms with Crippen molar-refractivity contribution in [2.45, 2.75) is 32.4 Å². The Hall–Kier alpha value is -0.120. The summed E-state index contributed by atoms with van der Waals surface area (Å²) in [6.45, 7) is 10.8. The number of nitrogens with one attached hydrogen (secondary N) is 2. The van der Waals surface area contributed by atoms with Gasteiger partial charge in [0.15, 0.2) is 0 Å². The molecule has 2 heterocycles. The van der Waals surface area contributed by atoms with Gasteiger partial charge in [-0.2, -0.15) is 0 Å². The van der Waals surface area contributed by atoms with E-state index in [2.05, 4.69) is 29.4 Å². The summed E-state index contributed by atoms with van der Waals surface area (Å²) in [7, 11) is 0. The molecule has 3 nitrogen and oxygen atoms in total. The topological polar surface area (TPSA) is 27.3 Å². The van der Waals surface area contributed by atoms with Gasteiger partial charge in [-0.3, -0.25) is 4.90 Å². The molecule has 0 amide bonds. The van der Waals surface area contributed by atoms with Crippen LogP contribution in [0.25, 0.3) is 0 Å². The summed E-state index contributed by atoms with van der Waals surface area (Å²) in [5, 5.41) is 7.02.